The summed E-state index contributed by atoms with van der Waals surface area (Å²) in [5.41, 5.74) is 7.06. The van der Waals surface area contributed by atoms with E-state index in [0.717, 1.165) is 22.7 Å². The predicted octanol–water partition coefficient (Wildman–Crippen LogP) is 10.00. The Bertz CT molecular complexity index is 1930. The largest absolute Gasteiger partial charge is 0.311 e. The van der Waals surface area contributed by atoms with Crippen LogP contribution in [0, 0.1) is 0 Å². The summed E-state index contributed by atoms with van der Waals surface area (Å²) in [4.78, 5) is 2.30. The lowest BCUT2D eigenvalue weighted by Gasteiger charge is -2.25. The molecule has 0 aliphatic heterocycles. The number of anilines is 3. The van der Waals surface area contributed by atoms with Crippen LogP contribution < -0.4 is 4.90 Å². The maximum absolute atomic E-state index is 2.42. The van der Waals surface area contributed by atoms with E-state index in [9.17, 15) is 0 Å². The number of nitrogens with zero attached hydrogens (tertiary/aromatic N) is 2. The van der Waals surface area contributed by atoms with Gasteiger partial charge in [0, 0.05) is 33.5 Å². The van der Waals surface area contributed by atoms with Crippen LogP contribution in [-0.4, -0.2) is 4.57 Å². The Kier molecular flexibility index (Phi) is 4.55. The first kappa shape index (κ1) is 21.0. The first-order chi connectivity index (χ1) is 18.9. The zero-order valence-electron chi connectivity index (χ0n) is 20.8. The van der Waals surface area contributed by atoms with Gasteiger partial charge in [-0.15, -0.1) is 0 Å². The highest BCUT2D eigenvalue weighted by Crippen LogP contribution is 2.43. The molecular weight excluding hydrogens is 460 g/mol. The standard InChI is InChI=1S/C36H24N2/c1-3-11-25(12-4-1)37(26-13-5-2-6-14-26)27-21-23-28(24-22-27)38-33-19-9-17-31-29-15-7-8-16-30(29)32-18-10-20-34(38)36(32)35(31)33/h1-24H. The van der Waals surface area contributed by atoms with Gasteiger partial charge in [-0.3, -0.25) is 0 Å². The van der Waals surface area contributed by atoms with E-state index >= 15 is 0 Å². The SMILES string of the molecule is c1ccc(N(c2ccccc2)c2ccc(-n3c4cccc5c6ccccc6c6cccc3c6c54)cc2)cc1. The molecule has 2 heteroatoms. The van der Waals surface area contributed by atoms with Crippen LogP contribution in [0.4, 0.5) is 17.1 Å². The smallest absolute Gasteiger partial charge is 0.0547 e. The van der Waals surface area contributed by atoms with Crippen LogP contribution >= 0.6 is 0 Å². The quantitative estimate of drug-likeness (QED) is 0.226. The fourth-order valence-electron chi connectivity index (χ4n) is 6.14. The fourth-order valence-corrected chi connectivity index (χ4v) is 6.14. The van der Waals surface area contributed by atoms with Gasteiger partial charge in [-0.25, -0.2) is 0 Å². The normalized spacial score (nSPS) is 11.7. The summed E-state index contributed by atoms with van der Waals surface area (Å²) >= 11 is 0. The van der Waals surface area contributed by atoms with Crippen LogP contribution in [0.1, 0.15) is 0 Å². The Morgan fingerprint density at radius 1 is 0.342 bits per heavy atom. The second-order valence-corrected chi connectivity index (χ2v) is 9.80. The maximum atomic E-state index is 2.42. The molecule has 8 aromatic rings. The minimum atomic E-state index is 1.13. The van der Waals surface area contributed by atoms with Crippen LogP contribution in [-0.2, 0) is 0 Å². The van der Waals surface area contributed by atoms with Gasteiger partial charge in [0.05, 0.1) is 11.0 Å². The highest BCUT2D eigenvalue weighted by atomic mass is 15.1. The van der Waals surface area contributed by atoms with Crippen molar-refractivity contribution in [2.45, 2.75) is 0 Å². The van der Waals surface area contributed by atoms with Crippen molar-refractivity contribution >= 4 is 60.4 Å². The number of aromatic nitrogens is 1. The highest BCUT2D eigenvalue weighted by Gasteiger charge is 2.19. The van der Waals surface area contributed by atoms with Crippen molar-refractivity contribution in [3.8, 4) is 5.69 Å². The molecule has 0 unspecified atom stereocenters. The molecule has 0 aliphatic rings. The molecule has 0 saturated carbocycles. The van der Waals surface area contributed by atoms with E-state index in [2.05, 4.69) is 155 Å². The maximum Gasteiger partial charge on any atom is 0.0547 e. The van der Waals surface area contributed by atoms with Gasteiger partial charge in [-0.2, -0.15) is 0 Å². The summed E-state index contributed by atoms with van der Waals surface area (Å²) in [5, 5.41) is 7.94. The van der Waals surface area contributed by atoms with Crippen molar-refractivity contribution in [2.75, 3.05) is 4.90 Å². The molecule has 0 amide bonds. The molecule has 8 rings (SSSR count). The van der Waals surface area contributed by atoms with Gasteiger partial charge in [0.15, 0.2) is 0 Å². The first-order valence-corrected chi connectivity index (χ1v) is 13.0. The Balaban J connectivity index is 1.36. The van der Waals surface area contributed by atoms with Gasteiger partial charge in [0.2, 0.25) is 0 Å². The zero-order chi connectivity index (χ0) is 25.1. The lowest BCUT2D eigenvalue weighted by molar-refractivity contribution is 1.17. The monoisotopic (exact) mass is 484 g/mol. The average Bonchev–Trinajstić information content (AvgIpc) is 3.34. The van der Waals surface area contributed by atoms with Gasteiger partial charge in [0.25, 0.3) is 0 Å². The van der Waals surface area contributed by atoms with Crippen LogP contribution in [0.25, 0.3) is 49.0 Å². The lowest BCUT2D eigenvalue weighted by Crippen LogP contribution is -2.09. The first-order valence-electron chi connectivity index (χ1n) is 13.0. The predicted molar refractivity (Wildman–Crippen MR) is 162 cm³/mol. The molecule has 0 fully saturated rings. The fraction of sp³-hybridized carbons (Fsp3) is 0. The number of fused-ring (bicyclic) bond motifs is 3. The van der Waals surface area contributed by atoms with Crippen LogP contribution in [0.15, 0.2) is 146 Å². The van der Waals surface area contributed by atoms with Crippen molar-refractivity contribution in [3.05, 3.63) is 146 Å². The summed E-state index contributed by atoms with van der Waals surface area (Å²) in [7, 11) is 0. The minimum Gasteiger partial charge on any atom is -0.311 e. The molecule has 0 bridgehead atoms. The van der Waals surface area contributed by atoms with E-state index in [-0.39, 0.29) is 0 Å². The van der Waals surface area contributed by atoms with E-state index in [0.29, 0.717) is 0 Å². The molecule has 2 nitrogen and oxygen atoms in total. The number of benzene rings is 7. The van der Waals surface area contributed by atoms with Crippen molar-refractivity contribution in [1.82, 2.24) is 4.57 Å². The van der Waals surface area contributed by atoms with Gasteiger partial charge in [-0.05, 0) is 82.2 Å². The lowest BCUT2D eigenvalue weighted by atomic mass is 9.95. The van der Waals surface area contributed by atoms with E-state index < -0.39 is 0 Å². The number of rotatable bonds is 4. The topological polar surface area (TPSA) is 8.17 Å². The molecular formula is C36H24N2. The summed E-state index contributed by atoms with van der Waals surface area (Å²) < 4.78 is 2.42. The number of hydrogen-bond acceptors (Lipinski definition) is 1. The third-order valence-corrected chi connectivity index (χ3v) is 7.72. The summed E-state index contributed by atoms with van der Waals surface area (Å²) in [6.45, 7) is 0. The van der Waals surface area contributed by atoms with E-state index in [1.54, 1.807) is 0 Å². The summed E-state index contributed by atoms with van der Waals surface area (Å²) in [5.74, 6) is 0. The minimum absolute atomic E-state index is 1.13. The third-order valence-electron chi connectivity index (χ3n) is 7.72. The van der Waals surface area contributed by atoms with Crippen molar-refractivity contribution in [3.63, 3.8) is 0 Å². The second kappa shape index (κ2) is 8.22. The van der Waals surface area contributed by atoms with Crippen molar-refractivity contribution in [2.24, 2.45) is 0 Å². The van der Waals surface area contributed by atoms with E-state index in [1.807, 2.05) is 0 Å². The average molecular weight is 485 g/mol. The van der Waals surface area contributed by atoms with Gasteiger partial charge in [0.1, 0.15) is 0 Å². The zero-order valence-corrected chi connectivity index (χ0v) is 20.8. The Morgan fingerprint density at radius 2 is 0.763 bits per heavy atom. The molecule has 0 spiro atoms. The Morgan fingerprint density at radius 3 is 1.26 bits per heavy atom. The molecule has 0 saturated heterocycles. The molecule has 38 heavy (non-hydrogen) atoms. The number of para-hydroxylation sites is 2. The van der Waals surface area contributed by atoms with E-state index in [4.69, 9.17) is 0 Å². The Hall–Kier alpha value is -5.08. The summed E-state index contributed by atoms with van der Waals surface area (Å²) in [6, 6.07) is 52.3. The molecule has 0 radical (unpaired) electrons. The van der Waals surface area contributed by atoms with Crippen LogP contribution in [0.5, 0.6) is 0 Å². The van der Waals surface area contributed by atoms with Gasteiger partial charge >= 0.3 is 0 Å². The van der Waals surface area contributed by atoms with Gasteiger partial charge in [-0.1, -0.05) is 84.9 Å². The molecule has 0 atom stereocenters. The molecule has 1 aromatic heterocycles. The summed E-state index contributed by atoms with van der Waals surface area (Å²) in [6.07, 6.45) is 0. The van der Waals surface area contributed by atoms with Crippen molar-refractivity contribution < 1.29 is 0 Å². The molecule has 0 N–H and O–H groups in total. The van der Waals surface area contributed by atoms with Crippen LogP contribution in [0.3, 0.4) is 0 Å². The van der Waals surface area contributed by atoms with Crippen LogP contribution in [0.2, 0.25) is 0 Å². The number of hydrogen-bond donors (Lipinski definition) is 0. The van der Waals surface area contributed by atoms with Crippen molar-refractivity contribution in [1.29, 1.82) is 0 Å². The van der Waals surface area contributed by atoms with Gasteiger partial charge < -0.3 is 9.47 Å². The Labute approximate surface area is 220 Å². The van der Waals surface area contributed by atoms with E-state index in [1.165, 1.54) is 43.4 Å². The highest BCUT2D eigenvalue weighted by molar-refractivity contribution is 6.34. The molecule has 1 heterocycles. The third kappa shape index (κ3) is 3.01. The molecule has 0 aliphatic carbocycles. The molecule has 178 valence electrons. The molecule has 7 aromatic carbocycles. The second-order valence-electron chi connectivity index (χ2n) is 9.80.